The Morgan fingerprint density at radius 3 is 2.83 bits per heavy atom. The van der Waals surface area contributed by atoms with Gasteiger partial charge in [0.25, 0.3) is 0 Å². The average Bonchev–Trinajstić information content (AvgIpc) is 3.25. The van der Waals surface area contributed by atoms with Gasteiger partial charge >= 0.3 is 0 Å². The number of aromatic nitrogens is 2. The molecular formula is C16H27N5O2. The highest BCUT2D eigenvalue weighted by Gasteiger charge is 2.23. The highest BCUT2D eigenvalue weighted by Crippen LogP contribution is 2.16. The Balaban J connectivity index is 1.38. The number of piperazine rings is 1. The summed E-state index contributed by atoms with van der Waals surface area (Å²) in [4.78, 5) is 20.9. The maximum absolute atomic E-state index is 12.3. The Kier molecular flexibility index (Phi) is 5.61. The predicted octanol–water partition coefficient (Wildman–Crippen LogP) is 0.666. The fourth-order valence-electron chi connectivity index (χ4n) is 3.30. The van der Waals surface area contributed by atoms with E-state index in [9.17, 15) is 4.79 Å². The van der Waals surface area contributed by atoms with Crippen molar-refractivity contribution in [3.05, 3.63) is 11.7 Å². The molecule has 0 saturated carbocycles. The Morgan fingerprint density at radius 2 is 2.17 bits per heavy atom. The minimum atomic E-state index is 0.310. The lowest BCUT2D eigenvalue weighted by Gasteiger charge is -2.34. The van der Waals surface area contributed by atoms with E-state index >= 15 is 0 Å². The quantitative estimate of drug-likeness (QED) is 0.830. The van der Waals surface area contributed by atoms with E-state index < -0.39 is 0 Å². The van der Waals surface area contributed by atoms with E-state index in [0.29, 0.717) is 30.7 Å². The number of hydrogen-bond donors (Lipinski definition) is 1. The fourth-order valence-corrected chi connectivity index (χ4v) is 3.30. The van der Waals surface area contributed by atoms with Gasteiger partial charge in [-0.15, -0.1) is 0 Å². The standard InChI is InChI=1S/C16H27N5O2/c1-2-15-18-14(19-23-15)12-20-7-9-21(10-8-20)16(22)4-3-13-5-6-17-11-13/h13,17H,2-12H2,1H3. The Labute approximate surface area is 137 Å². The minimum absolute atomic E-state index is 0.310. The van der Waals surface area contributed by atoms with Crippen LogP contribution in [0.1, 0.15) is 37.9 Å². The van der Waals surface area contributed by atoms with Gasteiger partial charge in [0.1, 0.15) is 0 Å². The second kappa shape index (κ2) is 7.88. The van der Waals surface area contributed by atoms with Crippen molar-refractivity contribution in [1.29, 1.82) is 0 Å². The third-order valence-corrected chi connectivity index (χ3v) is 4.83. The molecule has 2 aliphatic heterocycles. The molecule has 2 saturated heterocycles. The molecule has 128 valence electrons. The number of carbonyl (C=O) groups excluding carboxylic acids is 1. The summed E-state index contributed by atoms with van der Waals surface area (Å²) in [6.07, 6.45) is 3.70. The predicted molar refractivity (Wildman–Crippen MR) is 85.7 cm³/mol. The summed E-state index contributed by atoms with van der Waals surface area (Å²) >= 11 is 0. The van der Waals surface area contributed by atoms with Crippen LogP contribution in [0.4, 0.5) is 0 Å². The first-order valence-electron chi connectivity index (χ1n) is 8.77. The third kappa shape index (κ3) is 4.51. The summed E-state index contributed by atoms with van der Waals surface area (Å²) in [6.45, 7) is 8.27. The molecule has 23 heavy (non-hydrogen) atoms. The highest BCUT2D eigenvalue weighted by molar-refractivity contribution is 5.76. The smallest absolute Gasteiger partial charge is 0.226 e. The minimum Gasteiger partial charge on any atom is -0.340 e. The monoisotopic (exact) mass is 321 g/mol. The van der Waals surface area contributed by atoms with E-state index in [2.05, 4.69) is 20.4 Å². The van der Waals surface area contributed by atoms with Crippen molar-refractivity contribution >= 4 is 5.91 Å². The van der Waals surface area contributed by atoms with Gasteiger partial charge in [-0.3, -0.25) is 9.69 Å². The zero-order chi connectivity index (χ0) is 16.1. The van der Waals surface area contributed by atoms with E-state index in [1.807, 2.05) is 11.8 Å². The maximum atomic E-state index is 12.3. The summed E-state index contributed by atoms with van der Waals surface area (Å²) in [5, 5.41) is 7.35. The number of amides is 1. The summed E-state index contributed by atoms with van der Waals surface area (Å²) < 4.78 is 5.14. The molecule has 3 heterocycles. The van der Waals surface area contributed by atoms with E-state index in [1.165, 1.54) is 6.42 Å². The molecule has 1 aromatic heterocycles. The zero-order valence-corrected chi connectivity index (χ0v) is 14.0. The third-order valence-electron chi connectivity index (χ3n) is 4.83. The first-order chi connectivity index (χ1) is 11.2. The molecule has 1 amide bonds. The SMILES string of the molecule is CCc1nc(CN2CCN(C(=O)CCC3CCNC3)CC2)no1. The molecule has 0 spiro atoms. The summed E-state index contributed by atoms with van der Waals surface area (Å²) in [7, 11) is 0. The van der Waals surface area contributed by atoms with E-state index in [0.717, 1.165) is 57.9 Å². The Hall–Kier alpha value is -1.47. The van der Waals surface area contributed by atoms with Gasteiger partial charge in [-0.2, -0.15) is 4.98 Å². The maximum Gasteiger partial charge on any atom is 0.226 e. The van der Waals surface area contributed by atoms with Crippen LogP contribution >= 0.6 is 0 Å². The van der Waals surface area contributed by atoms with Crippen molar-refractivity contribution in [1.82, 2.24) is 25.3 Å². The van der Waals surface area contributed by atoms with Gasteiger partial charge in [0, 0.05) is 39.0 Å². The molecule has 2 aliphatic rings. The van der Waals surface area contributed by atoms with Crippen molar-refractivity contribution in [2.45, 2.75) is 39.2 Å². The van der Waals surface area contributed by atoms with Crippen molar-refractivity contribution < 1.29 is 9.32 Å². The van der Waals surface area contributed by atoms with Crippen molar-refractivity contribution in [2.24, 2.45) is 5.92 Å². The Bertz CT molecular complexity index is 504. The second-order valence-corrected chi connectivity index (χ2v) is 6.51. The molecule has 7 nitrogen and oxygen atoms in total. The van der Waals surface area contributed by atoms with Crippen LogP contribution < -0.4 is 5.32 Å². The van der Waals surface area contributed by atoms with Gasteiger partial charge in [0.05, 0.1) is 6.54 Å². The van der Waals surface area contributed by atoms with Crippen LogP contribution in [0, 0.1) is 5.92 Å². The van der Waals surface area contributed by atoms with E-state index in [4.69, 9.17) is 4.52 Å². The topological polar surface area (TPSA) is 74.5 Å². The molecule has 1 unspecified atom stereocenters. The molecule has 0 bridgehead atoms. The van der Waals surface area contributed by atoms with Gasteiger partial charge in [-0.05, 0) is 31.8 Å². The van der Waals surface area contributed by atoms with Crippen molar-refractivity contribution in [2.75, 3.05) is 39.3 Å². The molecule has 3 rings (SSSR count). The summed E-state index contributed by atoms with van der Waals surface area (Å²) in [5.74, 6) is 2.43. The zero-order valence-electron chi connectivity index (χ0n) is 14.0. The number of rotatable bonds is 6. The number of aryl methyl sites for hydroxylation is 1. The molecule has 0 aromatic carbocycles. The van der Waals surface area contributed by atoms with Crippen LogP contribution in [0.3, 0.4) is 0 Å². The van der Waals surface area contributed by atoms with Gasteiger partial charge in [0.15, 0.2) is 5.82 Å². The van der Waals surface area contributed by atoms with Gasteiger partial charge in [-0.25, -0.2) is 0 Å². The lowest BCUT2D eigenvalue weighted by molar-refractivity contribution is -0.133. The Morgan fingerprint density at radius 1 is 1.35 bits per heavy atom. The number of nitrogens with zero attached hydrogens (tertiary/aromatic N) is 4. The average molecular weight is 321 g/mol. The fraction of sp³-hybridized carbons (Fsp3) is 0.812. The van der Waals surface area contributed by atoms with Crippen LogP contribution in [0.15, 0.2) is 4.52 Å². The molecule has 2 fully saturated rings. The van der Waals surface area contributed by atoms with Crippen LogP contribution in [0.5, 0.6) is 0 Å². The number of hydrogen-bond acceptors (Lipinski definition) is 6. The van der Waals surface area contributed by atoms with Crippen LogP contribution in [0.25, 0.3) is 0 Å². The highest BCUT2D eigenvalue weighted by atomic mass is 16.5. The molecule has 1 atom stereocenters. The van der Waals surface area contributed by atoms with Crippen LogP contribution in [0.2, 0.25) is 0 Å². The summed E-state index contributed by atoms with van der Waals surface area (Å²) in [5.41, 5.74) is 0. The molecule has 0 aliphatic carbocycles. The molecule has 1 N–H and O–H groups in total. The van der Waals surface area contributed by atoms with Crippen LogP contribution in [-0.4, -0.2) is 65.1 Å². The van der Waals surface area contributed by atoms with Gasteiger partial charge in [-0.1, -0.05) is 12.1 Å². The van der Waals surface area contributed by atoms with Gasteiger partial charge < -0.3 is 14.7 Å². The lowest BCUT2D eigenvalue weighted by Crippen LogP contribution is -2.48. The molecule has 1 aromatic rings. The largest absolute Gasteiger partial charge is 0.340 e. The van der Waals surface area contributed by atoms with E-state index in [-0.39, 0.29) is 0 Å². The first-order valence-corrected chi connectivity index (χ1v) is 8.77. The van der Waals surface area contributed by atoms with E-state index in [1.54, 1.807) is 0 Å². The van der Waals surface area contributed by atoms with Crippen molar-refractivity contribution in [3.63, 3.8) is 0 Å². The molecular weight excluding hydrogens is 294 g/mol. The lowest BCUT2D eigenvalue weighted by atomic mass is 10.0. The normalized spacial score (nSPS) is 22.7. The number of nitrogens with one attached hydrogen (secondary N) is 1. The summed E-state index contributed by atoms with van der Waals surface area (Å²) in [6, 6.07) is 0. The first kappa shape index (κ1) is 16.4. The van der Waals surface area contributed by atoms with Crippen LogP contribution in [-0.2, 0) is 17.8 Å². The second-order valence-electron chi connectivity index (χ2n) is 6.51. The molecule has 7 heteroatoms. The molecule has 0 radical (unpaired) electrons. The van der Waals surface area contributed by atoms with Gasteiger partial charge in [0.2, 0.25) is 11.8 Å². The number of carbonyl (C=O) groups is 1. The van der Waals surface area contributed by atoms with Crippen molar-refractivity contribution in [3.8, 4) is 0 Å².